The number of anilines is 1. The summed E-state index contributed by atoms with van der Waals surface area (Å²) in [7, 11) is 0. The van der Waals surface area contributed by atoms with Crippen LogP contribution in [0.2, 0.25) is 5.02 Å². The van der Waals surface area contributed by atoms with Gasteiger partial charge in [-0.05, 0) is 43.2 Å². The van der Waals surface area contributed by atoms with Crippen molar-refractivity contribution in [2.24, 2.45) is 0 Å². The molecule has 2 N–H and O–H groups in total. The highest BCUT2D eigenvalue weighted by atomic mass is 35.5. The number of thioether (sulfide) groups is 1. The fourth-order valence-electron chi connectivity index (χ4n) is 2.74. The molecule has 2 amide bonds. The lowest BCUT2D eigenvalue weighted by Crippen LogP contribution is -2.34. The van der Waals surface area contributed by atoms with Gasteiger partial charge in [-0.25, -0.2) is 0 Å². The van der Waals surface area contributed by atoms with Gasteiger partial charge in [0.15, 0.2) is 0 Å². The second kappa shape index (κ2) is 7.50. The number of carbonyl (C=O) groups excluding carboxylic acids is 2. The van der Waals surface area contributed by atoms with Crippen LogP contribution < -0.4 is 10.6 Å². The Morgan fingerprint density at radius 2 is 2.04 bits per heavy atom. The lowest BCUT2D eigenvalue weighted by Gasteiger charge is -2.23. The zero-order valence-corrected chi connectivity index (χ0v) is 15.6. The summed E-state index contributed by atoms with van der Waals surface area (Å²) in [6.07, 6.45) is 0.142. The van der Waals surface area contributed by atoms with Crippen molar-refractivity contribution in [3.05, 3.63) is 58.1 Å². The predicted octanol–water partition coefficient (Wildman–Crippen LogP) is 4.08. The lowest BCUT2D eigenvalue weighted by atomic mass is 10.1. The van der Waals surface area contributed by atoms with E-state index in [2.05, 4.69) is 16.7 Å². The number of hydrogen-bond acceptors (Lipinski definition) is 3. The van der Waals surface area contributed by atoms with E-state index in [1.165, 1.54) is 17.3 Å². The van der Waals surface area contributed by atoms with E-state index in [4.69, 9.17) is 11.6 Å². The Morgan fingerprint density at radius 3 is 2.80 bits per heavy atom. The number of aryl methyl sites for hydroxylation is 2. The molecular formula is C19H19ClN2O2S. The van der Waals surface area contributed by atoms with Gasteiger partial charge in [-0.2, -0.15) is 0 Å². The number of carbonyl (C=O) groups is 2. The van der Waals surface area contributed by atoms with Crippen LogP contribution in [0.4, 0.5) is 5.69 Å². The first-order valence-corrected chi connectivity index (χ1v) is 9.28. The summed E-state index contributed by atoms with van der Waals surface area (Å²) in [5.74, 6) is -0.300. The molecule has 4 nitrogen and oxygen atoms in total. The summed E-state index contributed by atoms with van der Waals surface area (Å²) in [5.41, 5.74) is 4.13. The molecule has 0 aromatic heterocycles. The molecule has 0 radical (unpaired) electrons. The maximum atomic E-state index is 12.2. The van der Waals surface area contributed by atoms with Gasteiger partial charge in [0.2, 0.25) is 11.8 Å². The largest absolute Gasteiger partial charge is 0.352 e. The number of benzene rings is 2. The molecule has 1 heterocycles. The van der Waals surface area contributed by atoms with Crippen molar-refractivity contribution in [1.82, 2.24) is 5.32 Å². The Balaban J connectivity index is 1.59. The number of fused-ring (bicyclic) bond motifs is 1. The van der Waals surface area contributed by atoms with Crippen LogP contribution in [0.25, 0.3) is 0 Å². The van der Waals surface area contributed by atoms with Crippen molar-refractivity contribution < 1.29 is 9.59 Å². The van der Waals surface area contributed by atoms with Crippen molar-refractivity contribution in [3.63, 3.8) is 0 Å². The summed E-state index contributed by atoms with van der Waals surface area (Å²) in [6, 6.07) is 11.5. The van der Waals surface area contributed by atoms with E-state index in [0.717, 1.165) is 16.0 Å². The van der Waals surface area contributed by atoms with E-state index in [1.54, 1.807) is 12.1 Å². The first-order chi connectivity index (χ1) is 11.9. The Morgan fingerprint density at radius 1 is 1.24 bits per heavy atom. The van der Waals surface area contributed by atoms with E-state index in [9.17, 15) is 9.59 Å². The third kappa shape index (κ3) is 4.35. The number of hydrogen-bond donors (Lipinski definition) is 2. The fraction of sp³-hybridized carbons (Fsp3) is 0.263. The first kappa shape index (κ1) is 17.8. The minimum absolute atomic E-state index is 0.134. The molecule has 0 fully saturated rings. The third-order valence-corrected chi connectivity index (χ3v) is 5.62. The van der Waals surface area contributed by atoms with Crippen LogP contribution in [0.5, 0.6) is 0 Å². The standard InChI is InChI=1S/C19H19ClN2O2S/c1-11-3-4-13(12(2)7-11)10-21-18(23)9-17-19(24)22-15-8-14(20)5-6-16(15)25-17/h3-8,17H,9-10H2,1-2H3,(H,21,23)(H,22,24). The van der Waals surface area contributed by atoms with Crippen LogP contribution in [0, 0.1) is 13.8 Å². The van der Waals surface area contributed by atoms with E-state index >= 15 is 0 Å². The SMILES string of the molecule is Cc1ccc(CNC(=O)CC2Sc3ccc(Cl)cc3NC2=O)c(C)c1. The van der Waals surface area contributed by atoms with Crippen LogP contribution in [0.3, 0.4) is 0 Å². The number of halogens is 1. The minimum Gasteiger partial charge on any atom is -0.352 e. The smallest absolute Gasteiger partial charge is 0.238 e. The average molecular weight is 375 g/mol. The molecule has 25 heavy (non-hydrogen) atoms. The topological polar surface area (TPSA) is 58.2 Å². The van der Waals surface area contributed by atoms with Crippen molar-refractivity contribution >= 4 is 40.9 Å². The van der Waals surface area contributed by atoms with Gasteiger partial charge in [-0.15, -0.1) is 11.8 Å². The summed E-state index contributed by atoms with van der Waals surface area (Å²) < 4.78 is 0. The molecule has 0 spiro atoms. The molecule has 3 rings (SSSR count). The average Bonchev–Trinajstić information content (AvgIpc) is 2.55. The highest BCUT2D eigenvalue weighted by molar-refractivity contribution is 8.01. The molecular weight excluding hydrogens is 356 g/mol. The summed E-state index contributed by atoms with van der Waals surface area (Å²) >= 11 is 7.34. The van der Waals surface area contributed by atoms with Gasteiger partial charge in [-0.3, -0.25) is 9.59 Å². The molecule has 1 unspecified atom stereocenters. The van der Waals surface area contributed by atoms with Crippen LogP contribution in [-0.2, 0) is 16.1 Å². The van der Waals surface area contributed by atoms with Gasteiger partial charge >= 0.3 is 0 Å². The van der Waals surface area contributed by atoms with Gasteiger partial charge in [0, 0.05) is 22.9 Å². The molecule has 0 bridgehead atoms. The van der Waals surface area contributed by atoms with Gasteiger partial charge in [0.1, 0.15) is 0 Å². The molecule has 1 aliphatic heterocycles. The molecule has 6 heteroatoms. The van der Waals surface area contributed by atoms with Gasteiger partial charge in [0.05, 0.1) is 10.9 Å². The Kier molecular flexibility index (Phi) is 5.35. The van der Waals surface area contributed by atoms with E-state index in [1.807, 2.05) is 32.0 Å². The summed E-state index contributed by atoms with van der Waals surface area (Å²) in [6.45, 7) is 4.54. The van der Waals surface area contributed by atoms with E-state index in [-0.39, 0.29) is 18.2 Å². The van der Waals surface area contributed by atoms with Gasteiger partial charge in [-0.1, -0.05) is 35.4 Å². The molecule has 2 aromatic carbocycles. The number of nitrogens with one attached hydrogen (secondary N) is 2. The van der Waals surface area contributed by atoms with Crippen LogP contribution >= 0.6 is 23.4 Å². The van der Waals surface area contributed by atoms with Crippen LogP contribution in [0.1, 0.15) is 23.1 Å². The molecule has 2 aromatic rings. The Bertz CT molecular complexity index is 838. The predicted molar refractivity (Wildman–Crippen MR) is 102 cm³/mol. The highest BCUT2D eigenvalue weighted by Crippen LogP contribution is 2.38. The zero-order chi connectivity index (χ0) is 18.0. The van der Waals surface area contributed by atoms with Crippen LogP contribution in [0.15, 0.2) is 41.3 Å². The summed E-state index contributed by atoms with van der Waals surface area (Å²) in [5, 5.41) is 5.86. The molecule has 0 saturated carbocycles. The summed E-state index contributed by atoms with van der Waals surface area (Å²) in [4.78, 5) is 25.4. The van der Waals surface area contributed by atoms with E-state index < -0.39 is 5.25 Å². The van der Waals surface area contributed by atoms with Crippen molar-refractivity contribution in [1.29, 1.82) is 0 Å². The lowest BCUT2D eigenvalue weighted by molar-refractivity contribution is -0.124. The van der Waals surface area contributed by atoms with Crippen LogP contribution in [-0.4, -0.2) is 17.1 Å². The monoisotopic (exact) mass is 374 g/mol. The molecule has 0 saturated heterocycles. The molecule has 1 aliphatic rings. The van der Waals surface area contributed by atoms with Crippen molar-refractivity contribution in [3.8, 4) is 0 Å². The maximum absolute atomic E-state index is 12.2. The minimum atomic E-state index is -0.437. The van der Waals surface area contributed by atoms with Crippen molar-refractivity contribution in [2.45, 2.75) is 37.0 Å². The quantitative estimate of drug-likeness (QED) is 0.847. The molecule has 130 valence electrons. The van der Waals surface area contributed by atoms with Crippen molar-refractivity contribution in [2.75, 3.05) is 5.32 Å². The first-order valence-electron chi connectivity index (χ1n) is 8.02. The molecule has 0 aliphatic carbocycles. The zero-order valence-electron chi connectivity index (χ0n) is 14.1. The Labute approximate surface area is 156 Å². The van der Waals surface area contributed by atoms with E-state index in [0.29, 0.717) is 17.3 Å². The normalized spacial score (nSPS) is 16.1. The fourth-order valence-corrected chi connectivity index (χ4v) is 4.00. The third-order valence-electron chi connectivity index (χ3n) is 4.11. The maximum Gasteiger partial charge on any atom is 0.238 e. The molecule has 1 atom stereocenters. The number of rotatable bonds is 4. The second-order valence-electron chi connectivity index (χ2n) is 6.15. The highest BCUT2D eigenvalue weighted by Gasteiger charge is 2.29. The number of amides is 2. The van der Waals surface area contributed by atoms with Gasteiger partial charge < -0.3 is 10.6 Å². The second-order valence-corrected chi connectivity index (χ2v) is 7.83. The van der Waals surface area contributed by atoms with Gasteiger partial charge in [0.25, 0.3) is 0 Å². The Hall–Kier alpha value is -1.98.